The molecule has 2 aromatic rings. The number of nitrogens with one attached hydrogen (secondary N) is 1. The molecule has 1 amide bonds. The molecule has 130 valence electrons. The van der Waals surface area contributed by atoms with E-state index in [0.29, 0.717) is 5.56 Å². The number of nitrogens with zero attached hydrogens (tertiary/aromatic N) is 2. The number of sulfonamides is 1. The van der Waals surface area contributed by atoms with Gasteiger partial charge in [0.15, 0.2) is 0 Å². The van der Waals surface area contributed by atoms with Gasteiger partial charge in [-0.25, -0.2) is 18.1 Å². The molecular formula is C14H14F3N3O3S. The monoisotopic (exact) mass is 361 g/mol. The summed E-state index contributed by atoms with van der Waals surface area (Å²) >= 11 is 0. The molecule has 2 rings (SSSR count). The van der Waals surface area contributed by atoms with E-state index >= 15 is 0 Å². The van der Waals surface area contributed by atoms with Crippen molar-refractivity contribution in [2.45, 2.75) is 31.0 Å². The van der Waals surface area contributed by atoms with Crippen LogP contribution in [0.4, 0.5) is 13.2 Å². The summed E-state index contributed by atoms with van der Waals surface area (Å²) in [5, 5.41) is 0. The minimum Gasteiger partial charge on any atom is -0.336 e. The van der Waals surface area contributed by atoms with E-state index in [1.165, 1.54) is 12.1 Å². The number of hydrogen-bond donors (Lipinski definition) is 1. The molecule has 0 atom stereocenters. The zero-order valence-electron chi connectivity index (χ0n) is 12.5. The maximum Gasteiger partial charge on any atom is 0.390 e. The fraction of sp³-hybridized carbons (Fsp3) is 0.286. The number of aromatic nitrogens is 2. The summed E-state index contributed by atoms with van der Waals surface area (Å²) in [4.78, 5) is 15.5. The van der Waals surface area contributed by atoms with Gasteiger partial charge in [-0.1, -0.05) is 18.2 Å². The Balaban J connectivity index is 2.10. The summed E-state index contributed by atoms with van der Waals surface area (Å²) < 4.78 is 63.8. The number of amides is 1. The lowest BCUT2D eigenvalue weighted by Crippen LogP contribution is -2.31. The summed E-state index contributed by atoms with van der Waals surface area (Å²) in [6.45, 7) is 1.17. The lowest BCUT2D eigenvalue weighted by molar-refractivity contribution is -0.136. The van der Waals surface area contributed by atoms with Crippen LogP contribution in [0.3, 0.4) is 0 Å². The van der Waals surface area contributed by atoms with E-state index in [0.717, 1.165) is 17.1 Å². The Bertz CT molecular complexity index is 844. The van der Waals surface area contributed by atoms with Gasteiger partial charge in [-0.05, 0) is 18.6 Å². The van der Waals surface area contributed by atoms with Gasteiger partial charge < -0.3 is 4.57 Å². The quantitative estimate of drug-likeness (QED) is 0.886. The van der Waals surface area contributed by atoms with E-state index in [-0.39, 0.29) is 10.6 Å². The molecule has 0 aliphatic heterocycles. The van der Waals surface area contributed by atoms with Crippen molar-refractivity contribution in [2.75, 3.05) is 0 Å². The highest BCUT2D eigenvalue weighted by Gasteiger charge is 2.27. The van der Waals surface area contributed by atoms with Crippen molar-refractivity contribution >= 4 is 15.9 Å². The van der Waals surface area contributed by atoms with Crippen LogP contribution in [0.2, 0.25) is 0 Å². The Labute approximate surface area is 136 Å². The summed E-state index contributed by atoms with van der Waals surface area (Å²) in [6.07, 6.45) is -3.30. The topological polar surface area (TPSA) is 81.1 Å². The normalized spacial score (nSPS) is 12.2. The van der Waals surface area contributed by atoms with Gasteiger partial charge in [0.2, 0.25) is 0 Å². The molecule has 0 unspecified atom stereocenters. The van der Waals surface area contributed by atoms with Crippen molar-refractivity contribution in [3.63, 3.8) is 0 Å². The van der Waals surface area contributed by atoms with E-state index < -0.39 is 35.1 Å². The molecule has 0 spiro atoms. The van der Waals surface area contributed by atoms with Gasteiger partial charge in [0.05, 0.1) is 17.6 Å². The number of carbonyl (C=O) groups excluding carboxylic acids is 1. The van der Waals surface area contributed by atoms with Gasteiger partial charge >= 0.3 is 6.18 Å². The molecule has 1 heterocycles. The number of halogens is 3. The van der Waals surface area contributed by atoms with Gasteiger partial charge in [0.1, 0.15) is 5.69 Å². The van der Waals surface area contributed by atoms with Gasteiger partial charge in [0.25, 0.3) is 15.9 Å². The predicted molar refractivity (Wildman–Crippen MR) is 78.7 cm³/mol. The van der Waals surface area contributed by atoms with Crippen molar-refractivity contribution in [3.8, 4) is 0 Å². The fourth-order valence-electron chi connectivity index (χ4n) is 1.94. The average molecular weight is 361 g/mol. The van der Waals surface area contributed by atoms with Crippen LogP contribution in [0.1, 0.15) is 22.5 Å². The number of imidazole rings is 1. The van der Waals surface area contributed by atoms with Crippen molar-refractivity contribution in [2.24, 2.45) is 0 Å². The minimum absolute atomic E-state index is 0.0603. The maximum atomic E-state index is 12.2. The van der Waals surface area contributed by atoms with Gasteiger partial charge in [-0.15, -0.1) is 0 Å². The van der Waals surface area contributed by atoms with Gasteiger partial charge in [-0.2, -0.15) is 13.2 Å². The first-order valence-electron chi connectivity index (χ1n) is 6.80. The second-order valence-corrected chi connectivity index (χ2v) is 6.71. The van der Waals surface area contributed by atoms with E-state index in [4.69, 9.17) is 0 Å². The molecule has 0 saturated carbocycles. The number of carbonyl (C=O) groups is 1. The Morgan fingerprint density at radius 1 is 1.29 bits per heavy atom. The van der Waals surface area contributed by atoms with Crippen LogP contribution >= 0.6 is 0 Å². The van der Waals surface area contributed by atoms with E-state index in [1.54, 1.807) is 19.1 Å². The van der Waals surface area contributed by atoms with Crippen molar-refractivity contribution in [1.82, 2.24) is 14.3 Å². The lowest BCUT2D eigenvalue weighted by atomic mass is 10.2. The molecule has 1 N–H and O–H groups in total. The Morgan fingerprint density at radius 3 is 2.58 bits per heavy atom. The number of aryl methyl sites for hydroxylation is 2. The highest BCUT2D eigenvalue weighted by molar-refractivity contribution is 7.90. The largest absolute Gasteiger partial charge is 0.390 e. The maximum absolute atomic E-state index is 12.2. The summed E-state index contributed by atoms with van der Waals surface area (Å²) in [6, 6.07) is 6.08. The van der Waals surface area contributed by atoms with E-state index in [9.17, 15) is 26.4 Å². The highest BCUT2D eigenvalue weighted by Crippen LogP contribution is 2.20. The summed E-state index contributed by atoms with van der Waals surface area (Å²) in [5.74, 6) is -1.01. The van der Waals surface area contributed by atoms with Gasteiger partial charge in [-0.3, -0.25) is 4.79 Å². The van der Waals surface area contributed by atoms with Crippen LogP contribution in [0.25, 0.3) is 0 Å². The number of benzene rings is 1. The molecule has 0 fully saturated rings. The standard InChI is InChI=1S/C14H14F3N3O3S/c1-10-4-2-3-5-12(10)24(22,23)19-13(21)11-8-20(9-18-11)7-6-14(15,16)17/h2-5,8-9H,6-7H2,1H3,(H,19,21). The van der Waals surface area contributed by atoms with E-state index in [2.05, 4.69) is 4.98 Å². The third-order valence-corrected chi connectivity index (χ3v) is 4.62. The zero-order valence-corrected chi connectivity index (χ0v) is 13.4. The third-order valence-electron chi connectivity index (χ3n) is 3.13. The van der Waals surface area contributed by atoms with Crippen LogP contribution in [0.5, 0.6) is 0 Å². The molecule has 10 heteroatoms. The number of alkyl halides is 3. The Morgan fingerprint density at radius 2 is 1.96 bits per heavy atom. The minimum atomic E-state index is -4.33. The number of hydrogen-bond acceptors (Lipinski definition) is 4. The molecule has 6 nitrogen and oxygen atoms in total. The molecule has 0 aliphatic carbocycles. The highest BCUT2D eigenvalue weighted by atomic mass is 32.2. The summed E-state index contributed by atoms with van der Waals surface area (Å²) in [5.41, 5.74) is 0.169. The molecule has 24 heavy (non-hydrogen) atoms. The van der Waals surface area contributed by atoms with Crippen molar-refractivity contribution < 1.29 is 26.4 Å². The first-order valence-corrected chi connectivity index (χ1v) is 8.28. The van der Waals surface area contributed by atoms with Crippen LogP contribution in [0.15, 0.2) is 41.7 Å². The lowest BCUT2D eigenvalue weighted by Gasteiger charge is -2.08. The number of rotatable bonds is 5. The Kier molecular flexibility index (Phi) is 4.97. The molecule has 1 aromatic carbocycles. The molecule has 1 aromatic heterocycles. The predicted octanol–water partition coefficient (Wildman–Crippen LogP) is 2.26. The smallest absolute Gasteiger partial charge is 0.336 e. The Hall–Kier alpha value is -2.36. The second-order valence-electron chi connectivity index (χ2n) is 5.06. The molecular weight excluding hydrogens is 347 g/mol. The third kappa shape index (κ3) is 4.57. The molecule has 0 saturated heterocycles. The first kappa shape index (κ1) is 18.0. The SMILES string of the molecule is Cc1ccccc1S(=O)(=O)NC(=O)c1cn(CCC(F)(F)F)cn1. The van der Waals surface area contributed by atoms with Gasteiger partial charge in [0, 0.05) is 12.7 Å². The second kappa shape index (κ2) is 6.63. The van der Waals surface area contributed by atoms with Crippen molar-refractivity contribution in [1.29, 1.82) is 0 Å². The molecule has 0 bridgehead atoms. The van der Waals surface area contributed by atoms with Crippen LogP contribution < -0.4 is 4.72 Å². The molecule has 0 aliphatic rings. The van der Waals surface area contributed by atoms with Crippen LogP contribution in [0, 0.1) is 6.92 Å². The van der Waals surface area contributed by atoms with E-state index in [1.807, 2.05) is 4.72 Å². The fourth-order valence-corrected chi connectivity index (χ4v) is 3.15. The first-order chi connectivity index (χ1) is 11.1. The average Bonchev–Trinajstić information content (AvgIpc) is 2.93. The van der Waals surface area contributed by atoms with Crippen LogP contribution in [-0.2, 0) is 16.6 Å². The molecule has 0 radical (unpaired) electrons. The van der Waals surface area contributed by atoms with Crippen molar-refractivity contribution in [3.05, 3.63) is 48.0 Å². The zero-order chi connectivity index (χ0) is 18.0. The van der Waals surface area contributed by atoms with Crippen LogP contribution in [-0.4, -0.2) is 30.1 Å². The summed E-state index contributed by atoms with van der Waals surface area (Å²) in [7, 11) is -4.09.